The minimum atomic E-state index is -0.464. The summed E-state index contributed by atoms with van der Waals surface area (Å²) in [4.78, 5) is 41.4. The highest BCUT2D eigenvalue weighted by Crippen LogP contribution is 2.33. The molecule has 2 aliphatic heterocycles. The normalized spacial score (nSPS) is 17.0. The quantitative estimate of drug-likeness (QED) is 0.600. The number of hydrogen-bond donors (Lipinski definition) is 1. The Hall–Kier alpha value is -3.78. The second-order valence-electron chi connectivity index (χ2n) is 7.92. The van der Waals surface area contributed by atoms with Gasteiger partial charge < -0.3 is 14.6 Å². The first-order chi connectivity index (χ1) is 16.0. The zero-order valence-electron chi connectivity index (χ0n) is 17.7. The van der Waals surface area contributed by atoms with E-state index < -0.39 is 11.1 Å². The predicted octanol–water partition coefficient (Wildman–Crippen LogP) is 3.80. The molecule has 2 aliphatic rings. The minimum Gasteiger partial charge on any atom is -0.508 e. The molecule has 8 heteroatoms. The van der Waals surface area contributed by atoms with E-state index >= 15 is 0 Å². The fraction of sp³-hybridized carbons (Fsp3) is 0.160. The molecule has 166 valence electrons. The highest BCUT2D eigenvalue weighted by Gasteiger charge is 2.37. The summed E-state index contributed by atoms with van der Waals surface area (Å²) in [7, 11) is 0. The summed E-state index contributed by atoms with van der Waals surface area (Å²) in [5.74, 6) is -0.537. The zero-order chi connectivity index (χ0) is 22.9. The Bertz CT molecular complexity index is 1280. The Morgan fingerprint density at radius 2 is 1.76 bits per heavy atom. The molecule has 3 amide bonds. The largest absolute Gasteiger partial charge is 0.508 e. The first kappa shape index (κ1) is 21.1. The highest BCUT2D eigenvalue weighted by molar-refractivity contribution is 8.18. The van der Waals surface area contributed by atoms with Crippen LogP contribution in [0.3, 0.4) is 0 Å². The number of rotatable bonds is 4. The van der Waals surface area contributed by atoms with Crippen LogP contribution in [0.25, 0.3) is 11.8 Å². The maximum absolute atomic E-state index is 13.0. The molecule has 0 atom stereocenters. The Labute approximate surface area is 194 Å². The molecule has 7 nitrogen and oxygen atoms in total. The van der Waals surface area contributed by atoms with Crippen LogP contribution < -0.4 is 0 Å². The number of hydrogen-bond acceptors (Lipinski definition) is 5. The Morgan fingerprint density at radius 3 is 2.55 bits per heavy atom. The van der Waals surface area contributed by atoms with Crippen LogP contribution in [0.1, 0.15) is 16.8 Å². The van der Waals surface area contributed by atoms with Gasteiger partial charge in [0, 0.05) is 30.7 Å². The number of thioether (sulfide) groups is 1. The minimum absolute atomic E-state index is 0.162. The van der Waals surface area contributed by atoms with Crippen molar-refractivity contribution in [3.8, 4) is 11.4 Å². The molecule has 1 saturated heterocycles. The lowest BCUT2D eigenvalue weighted by Crippen LogP contribution is -2.44. The van der Waals surface area contributed by atoms with E-state index in [4.69, 9.17) is 0 Å². The van der Waals surface area contributed by atoms with Crippen LogP contribution in [0.4, 0.5) is 4.79 Å². The molecule has 0 unspecified atom stereocenters. The van der Waals surface area contributed by atoms with Crippen LogP contribution in [0, 0.1) is 0 Å². The van der Waals surface area contributed by atoms with Gasteiger partial charge in [-0.15, -0.1) is 0 Å². The molecule has 1 N–H and O–H groups in total. The summed E-state index contributed by atoms with van der Waals surface area (Å²) >= 11 is 0.838. The maximum Gasteiger partial charge on any atom is 0.294 e. The number of phenols is 1. The summed E-state index contributed by atoms with van der Waals surface area (Å²) in [5, 5.41) is 9.07. The van der Waals surface area contributed by atoms with Gasteiger partial charge >= 0.3 is 0 Å². The Balaban J connectivity index is 1.31. The van der Waals surface area contributed by atoms with E-state index in [1.54, 1.807) is 35.2 Å². The number of aromatic hydroxyl groups is 1. The third-order valence-electron chi connectivity index (χ3n) is 5.84. The van der Waals surface area contributed by atoms with Gasteiger partial charge in [0.1, 0.15) is 12.3 Å². The zero-order valence-corrected chi connectivity index (χ0v) is 18.5. The topological polar surface area (TPSA) is 82.9 Å². The van der Waals surface area contributed by atoms with E-state index in [1.165, 1.54) is 5.56 Å². The van der Waals surface area contributed by atoms with Gasteiger partial charge in [-0.2, -0.15) is 0 Å². The standard InChI is InChI=1S/C25H21N3O4S/c29-21-9-7-19(8-10-21)27-12-3-6-20(27)14-22-24(31)28(25(32)33-22)16-23(30)26-13-11-17-4-1-2-5-18(17)15-26/h1-10,12,14,29H,11,13,15-16H2. The number of fused-ring (bicyclic) bond motifs is 1. The molecule has 0 radical (unpaired) electrons. The van der Waals surface area contributed by atoms with Gasteiger partial charge in [0.2, 0.25) is 5.91 Å². The summed E-state index contributed by atoms with van der Waals surface area (Å²) in [6, 6.07) is 18.3. The molecule has 33 heavy (non-hydrogen) atoms. The van der Waals surface area contributed by atoms with Crippen molar-refractivity contribution in [2.75, 3.05) is 13.1 Å². The lowest BCUT2D eigenvalue weighted by Gasteiger charge is -2.29. The molecule has 5 rings (SSSR count). The van der Waals surface area contributed by atoms with Crippen molar-refractivity contribution < 1.29 is 19.5 Å². The number of amides is 3. The van der Waals surface area contributed by atoms with Gasteiger partial charge in [-0.3, -0.25) is 19.3 Å². The van der Waals surface area contributed by atoms with Crippen molar-refractivity contribution >= 4 is 34.9 Å². The van der Waals surface area contributed by atoms with Crippen molar-refractivity contribution in [2.24, 2.45) is 0 Å². The van der Waals surface area contributed by atoms with Gasteiger partial charge in [-0.1, -0.05) is 24.3 Å². The molecule has 0 saturated carbocycles. The lowest BCUT2D eigenvalue weighted by molar-refractivity contribution is -0.136. The van der Waals surface area contributed by atoms with Crippen LogP contribution in [-0.4, -0.2) is 49.6 Å². The number of aromatic nitrogens is 1. The van der Waals surface area contributed by atoms with Crippen LogP contribution in [0.5, 0.6) is 5.75 Å². The average molecular weight is 460 g/mol. The molecular weight excluding hydrogens is 438 g/mol. The summed E-state index contributed by atoms with van der Waals surface area (Å²) < 4.78 is 1.85. The highest BCUT2D eigenvalue weighted by atomic mass is 32.2. The lowest BCUT2D eigenvalue weighted by atomic mass is 10.00. The smallest absolute Gasteiger partial charge is 0.294 e. The van der Waals surface area contributed by atoms with E-state index in [2.05, 4.69) is 6.07 Å². The molecule has 1 aromatic heterocycles. The van der Waals surface area contributed by atoms with Crippen molar-refractivity contribution in [2.45, 2.75) is 13.0 Å². The van der Waals surface area contributed by atoms with E-state index in [0.717, 1.165) is 34.3 Å². The number of carbonyl (C=O) groups is 3. The molecule has 0 spiro atoms. The van der Waals surface area contributed by atoms with Crippen LogP contribution in [-0.2, 0) is 22.6 Å². The number of benzene rings is 2. The van der Waals surface area contributed by atoms with Gasteiger partial charge in [-0.05, 0) is 71.8 Å². The van der Waals surface area contributed by atoms with Crippen molar-refractivity contribution in [3.05, 3.63) is 88.6 Å². The Kier molecular flexibility index (Phi) is 5.51. The van der Waals surface area contributed by atoms with Gasteiger partial charge in [0.25, 0.3) is 11.1 Å². The molecule has 2 aromatic carbocycles. The monoisotopic (exact) mass is 459 g/mol. The van der Waals surface area contributed by atoms with Crippen LogP contribution >= 0.6 is 11.8 Å². The third-order valence-corrected chi connectivity index (χ3v) is 6.74. The van der Waals surface area contributed by atoms with Crippen molar-refractivity contribution in [1.82, 2.24) is 14.4 Å². The predicted molar refractivity (Wildman–Crippen MR) is 126 cm³/mol. The molecule has 1 fully saturated rings. The van der Waals surface area contributed by atoms with E-state index in [1.807, 2.05) is 41.1 Å². The molecular formula is C25H21N3O4S. The van der Waals surface area contributed by atoms with Gasteiger partial charge in [0.15, 0.2) is 0 Å². The maximum atomic E-state index is 13.0. The number of carbonyl (C=O) groups excluding carboxylic acids is 3. The molecule has 0 bridgehead atoms. The summed E-state index contributed by atoms with van der Waals surface area (Å²) in [6.07, 6.45) is 4.25. The summed E-state index contributed by atoms with van der Waals surface area (Å²) in [5.41, 5.74) is 3.85. The van der Waals surface area contributed by atoms with E-state index in [-0.39, 0.29) is 23.1 Å². The van der Waals surface area contributed by atoms with Gasteiger partial charge in [-0.25, -0.2) is 0 Å². The third kappa shape index (κ3) is 4.17. The van der Waals surface area contributed by atoms with Crippen LogP contribution in [0.2, 0.25) is 0 Å². The van der Waals surface area contributed by atoms with Gasteiger partial charge in [0.05, 0.1) is 4.91 Å². The van der Waals surface area contributed by atoms with E-state index in [0.29, 0.717) is 18.8 Å². The summed E-state index contributed by atoms with van der Waals surface area (Å²) in [6.45, 7) is 0.798. The first-order valence-electron chi connectivity index (χ1n) is 10.6. The number of nitrogens with zero attached hydrogens (tertiary/aromatic N) is 3. The van der Waals surface area contributed by atoms with Crippen molar-refractivity contribution in [3.63, 3.8) is 0 Å². The fourth-order valence-electron chi connectivity index (χ4n) is 4.07. The first-order valence-corrected chi connectivity index (χ1v) is 11.4. The Morgan fingerprint density at radius 1 is 1.00 bits per heavy atom. The second-order valence-corrected chi connectivity index (χ2v) is 8.91. The number of imide groups is 1. The number of phenolic OH excluding ortho intramolecular Hbond substituents is 1. The molecule has 3 aromatic rings. The average Bonchev–Trinajstić information content (AvgIpc) is 3.39. The molecule has 0 aliphatic carbocycles. The van der Waals surface area contributed by atoms with Crippen LogP contribution in [0.15, 0.2) is 71.8 Å². The van der Waals surface area contributed by atoms with E-state index in [9.17, 15) is 19.5 Å². The molecule has 3 heterocycles. The second kappa shape index (κ2) is 8.63. The fourth-order valence-corrected chi connectivity index (χ4v) is 4.90. The van der Waals surface area contributed by atoms with Crippen molar-refractivity contribution in [1.29, 1.82) is 0 Å². The SMILES string of the molecule is O=C(CN1C(=O)SC(=Cc2cccn2-c2ccc(O)cc2)C1=O)N1CCc2ccccc2C1.